The van der Waals surface area contributed by atoms with Gasteiger partial charge in [0.1, 0.15) is 6.54 Å². The van der Waals surface area contributed by atoms with E-state index in [-0.39, 0.29) is 16.3 Å². The van der Waals surface area contributed by atoms with E-state index >= 15 is 0 Å². The van der Waals surface area contributed by atoms with E-state index in [0.29, 0.717) is 0 Å². The predicted molar refractivity (Wildman–Crippen MR) is 150 cm³/mol. The molecule has 1 aromatic heterocycles. The minimum atomic E-state index is -4.22. The lowest BCUT2D eigenvalue weighted by atomic mass is 10.2. The van der Waals surface area contributed by atoms with E-state index in [2.05, 4.69) is 21.2 Å². The molecule has 1 amide bonds. The first-order valence-corrected chi connectivity index (χ1v) is 13.4. The lowest BCUT2D eigenvalue weighted by Gasteiger charge is -2.23. The van der Waals surface area contributed by atoms with Crippen LogP contribution in [0.1, 0.15) is 22.5 Å². The number of nitrogens with zero attached hydrogens (tertiary/aromatic N) is 4. The number of aryl methyl sites for hydroxylation is 2. The van der Waals surface area contributed by atoms with Gasteiger partial charge in [0.15, 0.2) is 0 Å². The van der Waals surface area contributed by atoms with E-state index in [9.17, 15) is 23.3 Å². The fourth-order valence-electron chi connectivity index (χ4n) is 4.22. The monoisotopic (exact) mass is 545 g/mol. The van der Waals surface area contributed by atoms with Crippen LogP contribution in [0.3, 0.4) is 0 Å². The maximum atomic E-state index is 13.4. The van der Waals surface area contributed by atoms with Crippen LogP contribution in [0.25, 0.3) is 5.69 Å². The molecule has 0 radical (unpaired) electrons. The van der Waals surface area contributed by atoms with E-state index in [4.69, 9.17) is 0 Å². The predicted octanol–water partition coefficient (Wildman–Crippen LogP) is 4.66. The summed E-state index contributed by atoms with van der Waals surface area (Å²) in [5, 5.41) is 15.3. The topological polar surface area (TPSA) is 127 Å². The van der Waals surface area contributed by atoms with Crippen LogP contribution < -0.4 is 9.73 Å². The summed E-state index contributed by atoms with van der Waals surface area (Å²) in [6.07, 6.45) is 1.50. The molecular formula is C28H27N5O5S. The largest absolute Gasteiger partial charge is 0.318 e. The number of nitro benzene ring substituents is 1. The standard InChI is InChI=1S/C28H27N5O5S/c1-20-9-7-11-25(15-20)32-21(2)16-23(22(32)3)18-29-30-28(34)19-31(24-10-8-12-26(17-24)33(35)36)39(37,38)27-13-5-4-6-14-27/h4-18H,19H2,1-3H3,(H,30,34)/b29-18-. The number of nitro groups is 1. The Bertz CT molecular complexity index is 1660. The van der Waals surface area contributed by atoms with E-state index in [1.807, 2.05) is 45.0 Å². The number of benzene rings is 3. The number of anilines is 1. The zero-order valence-electron chi connectivity index (χ0n) is 21.6. The average Bonchev–Trinajstić information content (AvgIpc) is 3.20. The van der Waals surface area contributed by atoms with Crippen molar-refractivity contribution in [2.45, 2.75) is 25.7 Å². The second-order valence-corrected chi connectivity index (χ2v) is 10.8. The maximum absolute atomic E-state index is 13.4. The number of hydrogen-bond donors (Lipinski definition) is 1. The van der Waals surface area contributed by atoms with Crippen LogP contribution in [0, 0.1) is 30.9 Å². The first-order valence-electron chi connectivity index (χ1n) is 12.0. The van der Waals surface area contributed by atoms with Crippen molar-refractivity contribution in [3.8, 4) is 5.69 Å². The summed E-state index contributed by atoms with van der Waals surface area (Å²) < 4.78 is 29.7. The minimum Gasteiger partial charge on any atom is -0.318 e. The number of nitrogens with one attached hydrogen (secondary N) is 1. The summed E-state index contributed by atoms with van der Waals surface area (Å²) in [4.78, 5) is 23.5. The Balaban J connectivity index is 1.58. The molecule has 11 heteroatoms. The number of carbonyl (C=O) groups is 1. The van der Waals surface area contributed by atoms with Gasteiger partial charge in [0.2, 0.25) is 0 Å². The summed E-state index contributed by atoms with van der Waals surface area (Å²) in [6.45, 7) is 5.29. The van der Waals surface area contributed by atoms with E-state index in [0.717, 1.165) is 38.6 Å². The molecule has 0 aliphatic carbocycles. The molecule has 0 atom stereocenters. The SMILES string of the molecule is Cc1cccc(-n2c(C)cc(/C=N\NC(=O)CN(c3cccc([N+](=O)[O-])c3)S(=O)(=O)c3ccccc3)c2C)c1. The minimum absolute atomic E-state index is 0.0196. The molecule has 0 aliphatic rings. The number of rotatable bonds is 9. The molecule has 0 unspecified atom stereocenters. The summed E-state index contributed by atoms with van der Waals surface area (Å²) in [6, 6.07) is 22.7. The summed E-state index contributed by atoms with van der Waals surface area (Å²) in [5.74, 6) is -0.718. The van der Waals surface area contributed by atoms with Crippen molar-refractivity contribution in [1.82, 2.24) is 9.99 Å². The van der Waals surface area contributed by atoms with Gasteiger partial charge in [0.05, 0.1) is 21.7 Å². The van der Waals surface area contributed by atoms with E-state index in [1.165, 1.54) is 36.5 Å². The van der Waals surface area contributed by atoms with Gasteiger partial charge in [-0.2, -0.15) is 5.10 Å². The average molecular weight is 546 g/mol. The lowest BCUT2D eigenvalue weighted by Crippen LogP contribution is -2.39. The highest BCUT2D eigenvalue weighted by atomic mass is 32.2. The third-order valence-corrected chi connectivity index (χ3v) is 7.86. The lowest BCUT2D eigenvalue weighted by molar-refractivity contribution is -0.384. The third kappa shape index (κ3) is 6.04. The quantitative estimate of drug-likeness (QED) is 0.186. The number of non-ortho nitro benzene ring substituents is 1. The highest BCUT2D eigenvalue weighted by molar-refractivity contribution is 7.92. The number of hydrazone groups is 1. The second-order valence-electron chi connectivity index (χ2n) is 8.90. The molecule has 0 spiro atoms. The third-order valence-electron chi connectivity index (χ3n) is 6.07. The molecule has 10 nitrogen and oxygen atoms in total. The normalized spacial score (nSPS) is 11.5. The fourth-order valence-corrected chi connectivity index (χ4v) is 5.65. The van der Waals surface area contributed by atoms with Crippen molar-refractivity contribution in [2.24, 2.45) is 5.10 Å². The van der Waals surface area contributed by atoms with Gasteiger partial charge in [-0.1, -0.05) is 36.4 Å². The molecule has 0 saturated carbocycles. The van der Waals surface area contributed by atoms with Gasteiger partial charge >= 0.3 is 0 Å². The molecule has 0 fully saturated rings. The number of amides is 1. The van der Waals surface area contributed by atoms with Gasteiger partial charge in [-0.15, -0.1) is 0 Å². The maximum Gasteiger partial charge on any atom is 0.271 e. The van der Waals surface area contributed by atoms with Crippen LogP contribution in [0.4, 0.5) is 11.4 Å². The van der Waals surface area contributed by atoms with Crippen LogP contribution in [0.5, 0.6) is 0 Å². The zero-order chi connectivity index (χ0) is 28.2. The van der Waals surface area contributed by atoms with Gasteiger partial charge in [-0.05, 0) is 62.7 Å². The number of hydrogen-bond acceptors (Lipinski definition) is 6. The molecule has 0 bridgehead atoms. The molecule has 200 valence electrons. The van der Waals surface area contributed by atoms with E-state index in [1.54, 1.807) is 18.2 Å². The number of aromatic nitrogens is 1. The van der Waals surface area contributed by atoms with Crippen molar-refractivity contribution in [3.05, 3.63) is 118 Å². The van der Waals surface area contributed by atoms with Crippen LogP contribution in [-0.4, -0.2) is 36.6 Å². The first-order chi connectivity index (χ1) is 18.6. The van der Waals surface area contributed by atoms with E-state index < -0.39 is 27.4 Å². The van der Waals surface area contributed by atoms with Gasteiger partial charge < -0.3 is 4.57 Å². The van der Waals surface area contributed by atoms with Crippen molar-refractivity contribution >= 4 is 33.5 Å². The molecular weight excluding hydrogens is 518 g/mol. The van der Waals surface area contributed by atoms with Gasteiger partial charge in [0.25, 0.3) is 21.6 Å². The molecule has 1 heterocycles. The summed E-state index contributed by atoms with van der Waals surface area (Å²) in [5.41, 5.74) is 6.87. The molecule has 1 N–H and O–H groups in total. The molecule has 3 aromatic carbocycles. The Hall–Kier alpha value is -4.77. The molecule has 4 rings (SSSR count). The van der Waals surface area contributed by atoms with Crippen LogP contribution in [0.15, 0.2) is 94.9 Å². The molecule has 39 heavy (non-hydrogen) atoms. The smallest absolute Gasteiger partial charge is 0.271 e. The van der Waals surface area contributed by atoms with Crippen molar-refractivity contribution in [3.63, 3.8) is 0 Å². The fraction of sp³-hybridized carbons (Fsp3) is 0.143. The Labute approximate surface area is 226 Å². The Morgan fingerprint density at radius 3 is 2.41 bits per heavy atom. The van der Waals surface area contributed by atoms with Crippen molar-refractivity contribution < 1.29 is 18.1 Å². The Morgan fingerprint density at radius 1 is 1.00 bits per heavy atom. The van der Waals surface area contributed by atoms with Gasteiger partial charge in [-0.3, -0.25) is 19.2 Å². The Kier molecular flexibility index (Phi) is 7.91. The number of sulfonamides is 1. The summed E-state index contributed by atoms with van der Waals surface area (Å²) in [7, 11) is -4.22. The van der Waals surface area contributed by atoms with Gasteiger partial charge in [-0.25, -0.2) is 13.8 Å². The van der Waals surface area contributed by atoms with Crippen molar-refractivity contribution in [1.29, 1.82) is 0 Å². The Morgan fingerprint density at radius 2 is 1.72 bits per heavy atom. The van der Waals surface area contributed by atoms with Crippen LogP contribution in [0.2, 0.25) is 0 Å². The second kappa shape index (κ2) is 11.3. The molecule has 4 aromatic rings. The number of carbonyl (C=O) groups excluding carboxylic acids is 1. The first kappa shape index (κ1) is 27.3. The van der Waals surface area contributed by atoms with Crippen molar-refractivity contribution in [2.75, 3.05) is 10.8 Å². The molecule has 0 aliphatic heterocycles. The molecule has 0 saturated heterocycles. The van der Waals surface area contributed by atoms with Crippen LogP contribution in [-0.2, 0) is 14.8 Å². The summed E-state index contributed by atoms with van der Waals surface area (Å²) >= 11 is 0. The zero-order valence-corrected chi connectivity index (χ0v) is 22.4. The van der Waals surface area contributed by atoms with Gasteiger partial charge in [0, 0.05) is 34.8 Å². The highest BCUT2D eigenvalue weighted by Crippen LogP contribution is 2.27. The highest BCUT2D eigenvalue weighted by Gasteiger charge is 2.28. The van der Waals surface area contributed by atoms with Crippen LogP contribution >= 0.6 is 0 Å².